The summed E-state index contributed by atoms with van der Waals surface area (Å²) in [5.41, 5.74) is 10.9. The van der Waals surface area contributed by atoms with Gasteiger partial charge in [0.05, 0.1) is 11.4 Å². The Balaban J connectivity index is 1.23. The predicted octanol–water partition coefficient (Wildman–Crippen LogP) is 13.4. The molecule has 0 aliphatic heterocycles. The molecule has 3 heteroatoms. The van der Waals surface area contributed by atoms with Crippen LogP contribution in [0.3, 0.4) is 0 Å². The van der Waals surface area contributed by atoms with Gasteiger partial charge in [0, 0.05) is 38.9 Å². The van der Waals surface area contributed by atoms with Gasteiger partial charge < -0.3 is 13.7 Å². The van der Waals surface area contributed by atoms with Crippen molar-refractivity contribution in [1.29, 1.82) is 0 Å². The number of para-hydroxylation sites is 2. The lowest BCUT2D eigenvalue weighted by Crippen LogP contribution is -2.11. The summed E-state index contributed by atoms with van der Waals surface area (Å²) in [5, 5.41) is 6.85. The molecule has 0 saturated heterocycles. The largest absolute Gasteiger partial charge is 0.456 e. The first-order valence-electron chi connectivity index (χ1n) is 16.6. The number of rotatable bonds is 5. The van der Waals surface area contributed by atoms with Crippen LogP contribution in [-0.4, -0.2) is 0 Å². The second kappa shape index (κ2) is 11.0. The summed E-state index contributed by atoms with van der Waals surface area (Å²) < 4.78 is 13.2. The Morgan fingerprint density at radius 1 is 0.347 bits per heavy atom. The first-order chi connectivity index (χ1) is 24.3. The Morgan fingerprint density at radius 2 is 0.959 bits per heavy atom. The highest BCUT2D eigenvalue weighted by molar-refractivity contribution is 6.14. The molecule has 10 rings (SSSR count). The maximum Gasteiger partial charge on any atom is 0.160 e. The van der Waals surface area contributed by atoms with Gasteiger partial charge in [-0.25, -0.2) is 0 Å². The molecule has 0 radical (unpaired) electrons. The van der Waals surface area contributed by atoms with Crippen LogP contribution < -0.4 is 4.90 Å². The van der Waals surface area contributed by atoms with Crippen LogP contribution in [-0.2, 0) is 0 Å². The summed E-state index contributed by atoms with van der Waals surface area (Å²) in [6.07, 6.45) is 0. The van der Waals surface area contributed by atoms with Gasteiger partial charge in [-0.15, -0.1) is 0 Å². The van der Waals surface area contributed by atoms with Crippen molar-refractivity contribution in [3.63, 3.8) is 0 Å². The lowest BCUT2D eigenvalue weighted by molar-refractivity contribution is 0.667. The van der Waals surface area contributed by atoms with Crippen molar-refractivity contribution in [2.75, 3.05) is 4.90 Å². The average Bonchev–Trinajstić information content (AvgIpc) is 3.74. The second-order valence-corrected chi connectivity index (χ2v) is 12.5. The van der Waals surface area contributed by atoms with E-state index in [0.29, 0.717) is 0 Å². The number of anilines is 3. The first-order valence-corrected chi connectivity index (χ1v) is 16.6. The molecule has 0 fully saturated rings. The standard InChI is InChI=1S/C46H29NO2/c1-2-11-32(12-3-1)37-26-27-41-39-15-7-9-17-43(39)49-46(41)45(37)47(36-24-25-40-38-14-6-8-16-42(38)48-44(40)29-36)35-22-20-31(21-23-35)34-19-18-30-10-4-5-13-33(30)28-34/h1-29H. The van der Waals surface area contributed by atoms with Crippen LogP contribution in [0, 0.1) is 0 Å². The van der Waals surface area contributed by atoms with Crippen LogP contribution in [0.1, 0.15) is 0 Å². The molecule has 230 valence electrons. The molecule has 49 heavy (non-hydrogen) atoms. The highest BCUT2D eigenvalue weighted by Crippen LogP contribution is 2.48. The molecule has 0 aliphatic rings. The minimum atomic E-state index is 0.839. The van der Waals surface area contributed by atoms with E-state index in [1.165, 1.54) is 16.3 Å². The molecule has 10 aromatic rings. The summed E-state index contributed by atoms with van der Waals surface area (Å²) in [6.45, 7) is 0. The molecule has 0 aliphatic carbocycles. The number of hydrogen-bond donors (Lipinski definition) is 0. The summed E-state index contributed by atoms with van der Waals surface area (Å²) >= 11 is 0. The zero-order valence-corrected chi connectivity index (χ0v) is 26.5. The van der Waals surface area contributed by atoms with E-state index in [0.717, 1.165) is 77.6 Å². The van der Waals surface area contributed by atoms with E-state index in [2.05, 4.69) is 157 Å². The number of fused-ring (bicyclic) bond motifs is 7. The van der Waals surface area contributed by atoms with Crippen LogP contribution >= 0.6 is 0 Å². The van der Waals surface area contributed by atoms with Crippen molar-refractivity contribution >= 4 is 71.7 Å². The van der Waals surface area contributed by atoms with E-state index in [9.17, 15) is 0 Å². The molecule has 2 heterocycles. The molecule has 0 N–H and O–H groups in total. The summed E-state index contributed by atoms with van der Waals surface area (Å²) in [4.78, 5) is 2.32. The van der Waals surface area contributed by atoms with Crippen molar-refractivity contribution in [3.05, 3.63) is 176 Å². The van der Waals surface area contributed by atoms with E-state index in [4.69, 9.17) is 8.83 Å². The SMILES string of the molecule is c1ccc(-c2ccc3c(oc4ccccc43)c2N(c2ccc(-c3ccc4ccccc4c3)cc2)c2ccc3c(c2)oc2ccccc23)cc1. The molecule has 0 atom stereocenters. The fraction of sp³-hybridized carbons (Fsp3) is 0. The van der Waals surface area contributed by atoms with Gasteiger partial charge in [-0.1, -0.05) is 121 Å². The van der Waals surface area contributed by atoms with Gasteiger partial charge >= 0.3 is 0 Å². The molecule has 8 aromatic carbocycles. The molecule has 0 bridgehead atoms. The third kappa shape index (κ3) is 4.51. The fourth-order valence-corrected chi connectivity index (χ4v) is 7.28. The van der Waals surface area contributed by atoms with Crippen molar-refractivity contribution in [3.8, 4) is 22.3 Å². The molecular weight excluding hydrogens is 599 g/mol. The average molecular weight is 628 g/mol. The molecule has 3 nitrogen and oxygen atoms in total. The molecule has 0 spiro atoms. The second-order valence-electron chi connectivity index (χ2n) is 12.5. The van der Waals surface area contributed by atoms with Crippen LogP contribution in [0.5, 0.6) is 0 Å². The lowest BCUT2D eigenvalue weighted by atomic mass is 9.98. The third-order valence-corrected chi connectivity index (χ3v) is 9.66. The van der Waals surface area contributed by atoms with Gasteiger partial charge in [0.15, 0.2) is 5.58 Å². The highest BCUT2D eigenvalue weighted by atomic mass is 16.3. The monoisotopic (exact) mass is 627 g/mol. The maximum atomic E-state index is 6.77. The number of hydrogen-bond acceptors (Lipinski definition) is 3. The molecule has 0 saturated carbocycles. The van der Waals surface area contributed by atoms with E-state index >= 15 is 0 Å². The Bertz CT molecular complexity index is 2830. The third-order valence-electron chi connectivity index (χ3n) is 9.66. The fourth-order valence-electron chi connectivity index (χ4n) is 7.28. The topological polar surface area (TPSA) is 29.5 Å². The minimum Gasteiger partial charge on any atom is -0.456 e. The van der Waals surface area contributed by atoms with Gasteiger partial charge in [0.1, 0.15) is 16.7 Å². The van der Waals surface area contributed by atoms with Crippen molar-refractivity contribution < 1.29 is 8.83 Å². The zero-order chi connectivity index (χ0) is 32.3. The van der Waals surface area contributed by atoms with Crippen molar-refractivity contribution in [2.24, 2.45) is 0 Å². The Hall–Kier alpha value is -6.58. The molecule has 0 amide bonds. The highest BCUT2D eigenvalue weighted by Gasteiger charge is 2.24. The summed E-state index contributed by atoms with van der Waals surface area (Å²) in [5.74, 6) is 0. The smallest absolute Gasteiger partial charge is 0.160 e. The van der Waals surface area contributed by atoms with E-state index < -0.39 is 0 Å². The van der Waals surface area contributed by atoms with Gasteiger partial charge in [-0.05, 0) is 76.0 Å². The first kappa shape index (κ1) is 27.5. The van der Waals surface area contributed by atoms with Gasteiger partial charge in [0.2, 0.25) is 0 Å². The minimum absolute atomic E-state index is 0.839. The number of benzene rings is 8. The van der Waals surface area contributed by atoms with Gasteiger partial charge in [0.25, 0.3) is 0 Å². The van der Waals surface area contributed by atoms with Crippen molar-refractivity contribution in [1.82, 2.24) is 0 Å². The van der Waals surface area contributed by atoms with Crippen molar-refractivity contribution in [2.45, 2.75) is 0 Å². The Morgan fingerprint density at radius 3 is 1.78 bits per heavy atom. The van der Waals surface area contributed by atoms with E-state index in [1.807, 2.05) is 24.3 Å². The number of nitrogens with zero attached hydrogens (tertiary/aromatic N) is 1. The normalized spacial score (nSPS) is 11.7. The van der Waals surface area contributed by atoms with Crippen LogP contribution in [0.2, 0.25) is 0 Å². The van der Waals surface area contributed by atoms with Gasteiger partial charge in [-0.2, -0.15) is 0 Å². The Labute approximate surface area is 282 Å². The number of furan rings is 2. The van der Waals surface area contributed by atoms with Crippen LogP contribution in [0.25, 0.3) is 76.9 Å². The molecular formula is C46H29NO2. The molecule has 0 unspecified atom stereocenters. The van der Waals surface area contributed by atoms with Gasteiger partial charge in [-0.3, -0.25) is 0 Å². The van der Waals surface area contributed by atoms with E-state index in [-0.39, 0.29) is 0 Å². The maximum absolute atomic E-state index is 6.77. The zero-order valence-electron chi connectivity index (χ0n) is 26.5. The summed E-state index contributed by atoms with van der Waals surface area (Å²) in [6, 6.07) is 62.0. The Kier molecular flexibility index (Phi) is 6.18. The lowest BCUT2D eigenvalue weighted by Gasteiger charge is -2.28. The van der Waals surface area contributed by atoms with Crippen LogP contribution in [0.4, 0.5) is 17.1 Å². The predicted molar refractivity (Wildman–Crippen MR) is 204 cm³/mol. The van der Waals surface area contributed by atoms with E-state index in [1.54, 1.807) is 0 Å². The van der Waals surface area contributed by atoms with Crippen LogP contribution in [0.15, 0.2) is 185 Å². The molecule has 2 aromatic heterocycles. The quantitative estimate of drug-likeness (QED) is 0.190. The summed E-state index contributed by atoms with van der Waals surface area (Å²) in [7, 11) is 0.